The molecule has 7 heteroatoms. The van der Waals surface area contributed by atoms with Gasteiger partial charge in [-0.25, -0.2) is 4.39 Å². The Balaban J connectivity index is 0.00000256. The number of nitrogens with one attached hydrogen (secondary N) is 1. The van der Waals surface area contributed by atoms with Gasteiger partial charge in [0, 0.05) is 18.4 Å². The van der Waals surface area contributed by atoms with E-state index < -0.39 is 0 Å². The van der Waals surface area contributed by atoms with Gasteiger partial charge >= 0.3 is 0 Å². The molecule has 3 aromatic rings. The van der Waals surface area contributed by atoms with Gasteiger partial charge in [0.2, 0.25) is 0 Å². The lowest BCUT2D eigenvalue weighted by Gasteiger charge is -2.13. The lowest BCUT2D eigenvalue weighted by atomic mass is 9.95. The minimum absolute atomic E-state index is 0. The van der Waals surface area contributed by atoms with Gasteiger partial charge in [-0.3, -0.25) is 4.79 Å². The van der Waals surface area contributed by atoms with Crippen molar-refractivity contribution in [3.8, 4) is 22.3 Å². The van der Waals surface area contributed by atoms with Gasteiger partial charge in [-0.05, 0) is 59.5 Å². The minimum atomic E-state index is -0.282. The number of benzene rings is 3. The van der Waals surface area contributed by atoms with Crippen LogP contribution in [0.1, 0.15) is 28.8 Å². The Morgan fingerprint density at radius 2 is 1.44 bits per heavy atom. The Morgan fingerprint density at radius 3 is 1.97 bits per heavy atom. The molecule has 1 atom stereocenters. The highest BCUT2D eigenvalue weighted by atomic mass is 35.5. The van der Waals surface area contributed by atoms with Crippen LogP contribution in [0.4, 0.5) is 4.39 Å². The first-order chi connectivity index (χ1) is 14.5. The number of hydrogen-bond acceptors (Lipinski definition) is 1. The molecule has 0 bridgehead atoms. The zero-order valence-electron chi connectivity index (χ0n) is 18.2. The van der Waals surface area contributed by atoms with Crippen LogP contribution in [0.25, 0.3) is 22.3 Å². The van der Waals surface area contributed by atoms with Crippen molar-refractivity contribution in [1.29, 1.82) is 0 Å². The van der Waals surface area contributed by atoms with Crippen molar-refractivity contribution >= 4 is 5.91 Å². The first-order valence-electron chi connectivity index (χ1n) is 10.3. The number of carbonyl (C=O) groups excluding carboxylic acids is 1. The van der Waals surface area contributed by atoms with E-state index in [0.717, 1.165) is 41.6 Å². The summed E-state index contributed by atoms with van der Waals surface area (Å²) in [6, 6.07) is 20.5. The second-order valence-corrected chi connectivity index (χ2v) is 7.74. The molecular formula is C25H30Cl2FN3O. The first kappa shape index (κ1) is 27.6. The SMILES string of the molecule is Cc1ccc(-c2cc(C(=O)NC[C@@H]([NH3+])CCC[NH3+])cc(-c3ccc(F)cc3)c2)cc1.[Cl-].[Cl-]. The van der Waals surface area contributed by atoms with Crippen LogP contribution in [0.3, 0.4) is 0 Å². The summed E-state index contributed by atoms with van der Waals surface area (Å²) in [4.78, 5) is 12.9. The highest BCUT2D eigenvalue weighted by Crippen LogP contribution is 2.29. The normalized spacial score (nSPS) is 11.1. The average molecular weight is 478 g/mol. The van der Waals surface area contributed by atoms with Gasteiger partial charge in [-0.1, -0.05) is 42.0 Å². The Kier molecular flexibility index (Phi) is 11.4. The van der Waals surface area contributed by atoms with Gasteiger partial charge in [0.15, 0.2) is 0 Å². The molecule has 172 valence electrons. The zero-order valence-corrected chi connectivity index (χ0v) is 19.7. The Labute approximate surface area is 201 Å². The summed E-state index contributed by atoms with van der Waals surface area (Å²) in [5, 5.41) is 3.00. The van der Waals surface area contributed by atoms with Gasteiger partial charge in [-0.2, -0.15) is 0 Å². The number of rotatable bonds is 8. The van der Waals surface area contributed by atoms with E-state index in [1.165, 1.54) is 17.7 Å². The van der Waals surface area contributed by atoms with Gasteiger partial charge in [0.05, 0.1) is 13.1 Å². The third kappa shape index (κ3) is 7.61. The topological polar surface area (TPSA) is 84.4 Å². The van der Waals surface area contributed by atoms with Crippen molar-refractivity contribution < 1.29 is 45.5 Å². The summed E-state index contributed by atoms with van der Waals surface area (Å²) in [7, 11) is 0. The Morgan fingerprint density at radius 1 is 0.906 bits per heavy atom. The van der Waals surface area contributed by atoms with Gasteiger partial charge in [-0.15, -0.1) is 0 Å². The monoisotopic (exact) mass is 477 g/mol. The number of halogens is 3. The zero-order chi connectivity index (χ0) is 21.5. The fraction of sp³-hybridized carbons (Fsp3) is 0.240. The van der Waals surface area contributed by atoms with E-state index in [1.807, 2.05) is 37.3 Å². The summed E-state index contributed by atoms with van der Waals surface area (Å²) in [6.07, 6.45) is 1.94. The summed E-state index contributed by atoms with van der Waals surface area (Å²) >= 11 is 0. The highest BCUT2D eigenvalue weighted by Gasteiger charge is 2.14. The van der Waals surface area contributed by atoms with E-state index in [0.29, 0.717) is 12.1 Å². The number of aryl methyl sites for hydroxylation is 1. The van der Waals surface area contributed by atoms with Crippen LogP contribution in [0.15, 0.2) is 66.7 Å². The van der Waals surface area contributed by atoms with E-state index in [1.54, 1.807) is 12.1 Å². The van der Waals surface area contributed by atoms with E-state index in [9.17, 15) is 9.18 Å². The van der Waals surface area contributed by atoms with Crippen molar-refractivity contribution in [2.45, 2.75) is 25.8 Å². The molecule has 0 aliphatic rings. The molecule has 3 rings (SSSR count). The molecule has 7 N–H and O–H groups in total. The van der Waals surface area contributed by atoms with Gasteiger partial charge in [0.25, 0.3) is 5.91 Å². The highest BCUT2D eigenvalue weighted by molar-refractivity contribution is 5.97. The van der Waals surface area contributed by atoms with E-state index in [-0.39, 0.29) is 42.6 Å². The van der Waals surface area contributed by atoms with E-state index >= 15 is 0 Å². The van der Waals surface area contributed by atoms with Gasteiger partial charge < -0.3 is 41.6 Å². The lowest BCUT2D eigenvalue weighted by molar-refractivity contribution is -0.423. The molecule has 0 aliphatic heterocycles. The summed E-state index contributed by atoms with van der Waals surface area (Å²) in [6.45, 7) is 3.44. The number of quaternary nitrogens is 2. The molecule has 0 saturated carbocycles. The predicted octanol–water partition coefficient (Wildman–Crippen LogP) is -3.16. The molecule has 0 fully saturated rings. The second kappa shape index (κ2) is 13.2. The fourth-order valence-corrected chi connectivity index (χ4v) is 3.35. The smallest absolute Gasteiger partial charge is 0.251 e. The van der Waals surface area contributed by atoms with Gasteiger partial charge in [0.1, 0.15) is 11.9 Å². The summed E-state index contributed by atoms with van der Waals surface area (Å²) < 4.78 is 13.4. The molecule has 1 amide bonds. The molecule has 0 saturated heterocycles. The Hall–Kier alpha value is -2.44. The molecule has 0 aliphatic carbocycles. The maximum Gasteiger partial charge on any atom is 0.251 e. The molecule has 0 radical (unpaired) electrons. The molecule has 32 heavy (non-hydrogen) atoms. The molecule has 4 nitrogen and oxygen atoms in total. The third-order valence-corrected chi connectivity index (χ3v) is 5.17. The number of hydrogen-bond donors (Lipinski definition) is 3. The minimum Gasteiger partial charge on any atom is -1.00 e. The average Bonchev–Trinajstić information content (AvgIpc) is 2.76. The van der Waals surface area contributed by atoms with Crippen LogP contribution in [0.5, 0.6) is 0 Å². The van der Waals surface area contributed by atoms with Crippen molar-refractivity contribution in [2.75, 3.05) is 13.1 Å². The standard InChI is InChI=1S/C25H28FN3O.2ClH/c1-17-4-6-18(7-5-17)20-13-21(19-8-10-23(26)11-9-19)15-22(14-20)25(30)29-16-24(28)3-2-12-27;;/h4-11,13-15,24H,2-3,12,16,27-28H2,1H3,(H,29,30);2*1H/t24-;;/m0../s1. The first-order valence-corrected chi connectivity index (χ1v) is 10.3. The summed E-state index contributed by atoms with van der Waals surface area (Å²) in [5.74, 6) is -0.411. The molecular weight excluding hydrogens is 448 g/mol. The van der Waals surface area contributed by atoms with Crippen molar-refractivity contribution in [3.05, 3.63) is 83.7 Å². The second-order valence-electron chi connectivity index (χ2n) is 7.74. The quantitative estimate of drug-likeness (QED) is 0.314. The lowest BCUT2D eigenvalue weighted by Crippen LogP contribution is -3.00. The largest absolute Gasteiger partial charge is 1.00 e. The maximum atomic E-state index is 13.4. The van der Waals surface area contributed by atoms with Crippen LogP contribution >= 0.6 is 0 Å². The van der Waals surface area contributed by atoms with Crippen LogP contribution in [0.2, 0.25) is 0 Å². The summed E-state index contributed by atoms with van der Waals surface area (Å²) in [5.41, 5.74) is 13.4. The predicted molar refractivity (Wildman–Crippen MR) is 118 cm³/mol. The van der Waals surface area contributed by atoms with Crippen LogP contribution in [0, 0.1) is 12.7 Å². The molecule has 3 aromatic carbocycles. The van der Waals surface area contributed by atoms with Crippen molar-refractivity contribution in [2.24, 2.45) is 0 Å². The van der Waals surface area contributed by atoms with Crippen molar-refractivity contribution in [3.63, 3.8) is 0 Å². The van der Waals surface area contributed by atoms with E-state index in [4.69, 9.17) is 0 Å². The molecule has 0 unspecified atom stereocenters. The van der Waals surface area contributed by atoms with Crippen LogP contribution in [-0.2, 0) is 0 Å². The van der Waals surface area contributed by atoms with E-state index in [2.05, 4.69) is 28.9 Å². The van der Waals surface area contributed by atoms with Crippen LogP contribution < -0.4 is 41.6 Å². The number of carbonyl (C=O) groups is 1. The Bertz CT molecular complexity index is 931. The molecule has 0 spiro atoms. The third-order valence-electron chi connectivity index (χ3n) is 5.17. The van der Waals surface area contributed by atoms with Crippen LogP contribution in [-0.4, -0.2) is 25.0 Å². The maximum absolute atomic E-state index is 13.4. The molecule has 0 aromatic heterocycles. The molecule has 0 heterocycles. The van der Waals surface area contributed by atoms with Crippen molar-refractivity contribution in [1.82, 2.24) is 5.32 Å². The fourth-order valence-electron chi connectivity index (χ4n) is 3.35. The number of amides is 1.